The van der Waals surface area contributed by atoms with E-state index in [0.717, 1.165) is 22.4 Å². The number of hydrogen-bond donors (Lipinski definition) is 0. The minimum Gasteiger partial charge on any atom is -0.308 e. The minimum atomic E-state index is -0.174. The molecule has 5 nitrogen and oxygen atoms in total. The van der Waals surface area contributed by atoms with Gasteiger partial charge in [0.05, 0.1) is 29.3 Å². The van der Waals surface area contributed by atoms with Gasteiger partial charge in [0.2, 0.25) is 0 Å². The maximum atomic E-state index is 13.7. The number of likely N-dealkylation sites (N-methyl/N-ethyl adjacent to an activating group) is 1. The summed E-state index contributed by atoms with van der Waals surface area (Å²) >= 11 is 1.30. The summed E-state index contributed by atoms with van der Waals surface area (Å²) in [5, 5.41) is 0.621. The van der Waals surface area contributed by atoms with Crippen LogP contribution >= 0.6 is 11.8 Å². The standard InChI is InChI=1S/C27H23N3O2S/c1-2-29-22-16-10-9-15-21(22)23(25(29)31)24-26(32)30(18-20-13-7-4-8-14-20)27(33-24)28-17-19-11-5-3-6-12-19/h3-16H,2,17-18H2,1H3/b24-23+,28-27?. The molecular formula is C27H23N3O2S. The molecule has 164 valence electrons. The molecule has 0 unspecified atom stereocenters. The van der Waals surface area contributed by atoms with Gasteiger partial charge in [-0.05, 0) is 35.9 Å². The van der Waals surface area contributed by atoms with Crippen molar-refractivity contribution in [1.29, 1.82) is 0 Å². The highest BCUT2D eigenvalue weighted by molar-refractivity contribution is 8.18. The summed E-state index contributed by atoms with van der Waals surface area (Å²) in [5.74, 6) is -0.301. The van der Waals surface area contributed by atoms with Gasteiger partial charge in [-0.1, -0.05) is 78.9 Å². The molecule has 0 bridgehead atoms. The molecule has 1 fully saturated rings. The Balaban J connectivity index is 1.57. The Bertz CT molecular complexity index is 1270. The Hall–Kier alpha value is -3.64. The third-order valence-corrected chi connectivity index (χ3v) is 6.87. The van der Waals surface area contributed by atoms with Crippen molar-refractivity contribution in [2.75, 3.05) is 11.4 Å². The van der Waals surface area contributed by atoms with Crippen LogP contribution in [-0.4, -0.2) is 28.4 Å². The number of amides is 2. The van der Waals surface area contributed by atoms with Gasteiger partial charge in [0.1, 0.15) is 0 Å². The lowest BCUT2D eigenvalue weighted by Gasteiger charge is -2.16. The number of carbonyl (C=O) groups excluding carboxylic acids is 2. The Kier molecular flexibility index (Phi) is 5.84. The van der Waals surface area contributed by atoms with Gasteiger partial charge in [0.25, 0.3) is 11.8 Å². The molecule has 0 aliphatic carbocycles. The number of aliphatic imine (C=N–C) groups is 1. The number of anilines is 1. The molecule has 3 aromatic carbocycles. The van der Waals surface area contributed by atoms with Gasteiger partial charge in [-0.2, -0.15) is 0 Å². The monoisotopic (exact) mass is 453 g/mol. The van der Waals surface area contributed by atoms with Crippen LogP contribution in [0, 0.1) is 0 Å². The van der Waals surface area contributed by atoms with Crippen molar-refractivity contribution < 1.29 is 9.59 Å². The molecule has 2 amide bonds. The maximum Gasteiger partial charge on any atom is 0.267 e. The number of rotatable bonds is 5. The second-order valence-corrected chi connectivity index (χ2v) is 8.81. The van der Waals surface area contributed by atoms with E-state index in [-0.39, 0.29) is 11.8 Å². The van der Waals surface area contributed by atoms with E-state index in [9.17, 15) is 9.59 Å². The van der Waals surface area contributed by atoms with Gasteiger partial charge in [-0.3, -0.25) is 19.5 Å². The molecule has 0 saturated carbocycles. The molecule has 0 atom stereocenters. The van der Waals surface area contributed by atoms with Gasteiger partial charge in [0.15, 0.2) is 5.17 Å². The smallest absolute Gasteiger partial charge is 0.267 e. The molecule has 0 radical (unpaired) electrons. The minimum absolute atomic E-state index is 0.126. The number of nitrogens with zero attached hydrogens (tertiary/aromatic N) is 3. The number of amidine groups is 1. The average Bonchev–Trinajstić information content (AvgIpc) is 3.31. The lowest BCUT2D eigenvalue weighted by Crippen LogP contribution is -2.30. The molecule has 1 saturated heterocycles. The number of para-hydroxylation sites is 1. The molecule has 3 aromatic rings. The summed E-state index contributed by atoms with van der Waals surface area (Å²) in [7, 11) is 0. The highest BCUT2D eigenvalue weighted by Gasteiger charge is 2.42. The van der Waals surface area contributed by atoms with Crippen LogP contribution in [0.2, 0.25) is 0 Å². The number of carbonyl (C=O) groups is 2. The van der Waals surface area contributed by atoms with E-state index < -0.39 is 0 Å². The zero-order chi connectivity index (χ0) is 22.8. The van der Waals surface area contributed by atoms with Crippen molar-refractivity contribution in [1.82, 2.24) is 4.90 Å². The zero-order valence-electron chi connectivity index (χ0n) is 18.3. The molecule has 5 rings (SSSR count). The maximum absolute atomic E-state index is 13.7. The molecule has 2 aliphatic rings. The average molecular weight is 454 g/mol. The van der Waals surface area contributed by atoms with Crippen LogP contribution in [0.1, 0.15) is 23.6 Å². The Morgan fingerprint density at radius 3 is 2.09 bits per heavy atom. The van der Waals surface area contributed by atoms with Crippen molar-refractivity contribution in [3.8, 4) is 0 Å². The van der Waals surface area contributed by atoms with Crippen molar-refractivity contribution in [3.63, 3.8) is 0 Å². The van der Waals surface area contributed by atoms with Gasteiger partial charge >= 0.3 is 0 Å². The fraction of sp³-hybridized carbons (Fsp3) is 0.148. The van der Waals surface area contributed by atoms with Crippen molar-refractivity contribution in [3.05, 3.63) is 107 Å². The summed E-state index contributed by atoms with van der Waals surface area (Å²) in [6.07, 6.45) is 0. The zero-order valence-corrected chi connectivity index (χ0v) is 19.1. The highest BCUT2D eigenvalue weighted by atomic mass is 32.2. The molecule has 2 heterocycles. The van der Waals surface area contributed by atoms with Gasteiger partial charge in [-0.15, -0.1) is 0 Å². The molecular weight excluding hydrogens is 430 g/mol. The molecule has 0 spiro atoms. The van der Waals surface area contributed by atoms with Crippen LogP contribution in [0.25, 0.3) is 5.57 Å². The SMILES string of the molecule is CCN1C(=O)/C(=C2/SC(=NCc3ccccc3)N(Cc3ccccc3)C2=O)c2ccccc21. The fourth-order valence-corrected chi connectivity index (χ4v) is 5.20. The second-order valence-electron chi connectivity index (χ2n) is 7.83. The Labute approximate surface area is 197 Å². The van der Waals surface area contributed by atoms with E-state index in [4.69, 9.17) is 4.99 Å². The molecule has 0 N–H and O–H groups in total. The third kappa shape index (κ3) is 3.98. The summed E-state index contributed by atoms with van der Waals surface area (Å²) in [4.78, 5) is 35.6. The number of hydrogen-bond acceptors (Lipinski definition) is 4. The second kappa shape index (κ2) is 9.08. The van der Waals surface area contributed by atoms with E-state index in [1.165, 1.54) is 11.8 Å². The van der Waals surface area contributed by atoms with Crippen LogP contribution < -0.4 is 4.90 Å². The molecule has 6 heteroatoms. The van der Waals surface area contributed by atoms with E-state index >= 15 is 0 Å². The predicted octanol–water partition coefficient (Wildman–Crippen LogP) is 5.10. The molecule has 33 heavy (non-hydrogen) atoms. The first kappa shape index (κ1) is 21.2. The first-order valence-electron chi connectivity index (χ1n) is 10.9. The third-order valence-electron chi connectivity index (χ3n) is 5.75. The summed E-state index contributed by atoms with van der Waals surface area (Å²) in [5.41, 5.74) is 4.22. The summed E-state index contributed by atoms with van der Waals surface area (Å²) in [6.45, 7) is 3.37. The van der Waals surface area contributed by atoms with Gasteiger partial charge in [0, 0.05) is 12.1 Å². The van der Waals surface area contributed by atoms with E-state index in [1.807, 2.05) is 91.9 Å². The molecule has 2 aliphatic heterocycles. The van der Waals surface area contributed by atoms with Gasteiger partial charge < -0.3 is 4.90 Å². The lowest BCUT2D eigenvalue weighted by molar-refractivity contribution is -0.123. The topological polar surface area (TPSA) is 53.0 Å². The normalized spacial score (nSPS) is 19.0. The summed E-state index contributed by atoms with van der Waals surface area (Å²) in [6, 6.07) is 27.5. The van der Waals surface area contributed by atoms with Crippen LogP contribution in [-0.2, 0) is 22.7 Å². The predicted molar refractivity (Wildman–Crippen MR) is 134 cm³/mol. The van der Waals surface area contributed by atoms with Gasteiger partial charge in [-0.25, -0.2) is 0 Å². The number of fused-ring (bicyclic) bond motifs is 1. The fourth-order valence-electron chi connectivity index (χ4n) is 4.14. The first-order valence-corrected chi connectivity index (χ1v) is 11.8. The van der Waals surface area contributed by atoms with E-state index in [0.29, 0.717) is 35.3 Å². The van der Waals surface area contributed by atoms with Crippen molar-refractivity contribution in [2.24, 2.45) is 4.99 Å². The quantitative estimate of drug-likeness (QED) is 0.505. The lowest BCUT2D eigenvalue weighted by atomic mass is 10.1. The summed E-state index contributed by atoms with van der Waals surface area (Å²) < 4.78 is 0. The van der Waals surface area contributed by atoms with Crippen molar-refractivity contribution in [2.45, 2.75) is 20.0 Å². The molecule has 0 aromatic heterocycles. The Morgan fingerprint density at radius 2 is 1.39 bits per heavy atom. The number of benzene rings is 3. The van der Waals surface area contributed by atoms with Crippen LogP contribution in [0.15, 0.2) is 94.8 Å². The van der Waals surface area contributed by atoms with Crippen molar-refractivity contribution >= 4 is 40.0 Å². The largest absolute Gasteiger partial charge is 0.308 e. The van der Waals surface area contributed by atoms with E-state index in [1.54, 1.807) is 9.80 Å². The highest BCUT2D eigenvalue weighted by Crippen LogP contribution is 2.44. The van der Waals surface area contributed by atoms with E-state index in [2.05, 4.69) is 0 Å². The number of thioether (sulfide) groups is 1. The van der Waals surface area contributed by atoms with Crippen LogP contribution in [0.5, 0.6) is 0 Å². The first-order chi connectivity index (χ1) is 16.2. The van der Waals surface area contributed by atoms with Crippen LogP contribution in [0.4, 0.5) is 5.69 Å². The van der Waals surface area contributed by atoms with Crippen LogP contribution in [0.3, 0.4) is 0 Å². The Morgan fingerprint density at radius 1 is 0.758 bits per heavy atom.